The summed E-state index contributed by atoms with van der Waals surface area (Å²) in [6.45, 7) is 0.667. The third-order valence-corrected chi connectivity index (χ3v) is 7.57. The Morgan fingerprint density at radius 3 is 1.41 bits per heavy atom. The zero-order valence-electron chi connectivity index (χ0n) is 18.5. The van der Waals surface area contributed by atoms with Gasteiger partial charge in [-0.15, -0.1) is 20.4 Å². The van der Waals surface area contributed by atoms with Gasteiger partial charge in [-0.05, 0) is 48.5 Å². The predicted octanol–water partition coefficient (Wildman–Crippen LogP) is 5.29. The molecule has 0 radical (unpaired) electrons. The van der Waals surface area contributed by atoms with Crippen molar-refractivity contribution in [2.75, 3.05) is 11.5 Å². The second-order valence-corrected chi connectivity index (χ2v) is 10.1. The molecule has 2 aromatic carbocycles. The highest BCUT2D eigenvalue weighted by Gasteiger charge is 2.12. The van der Waals surface area contributed by atoms with Crippen LogP contribution in [-0.2, 0) is 27.3 Å². The SMILES string of the molecule is Cn1c(COc2ccc(Cl)cc2)nnc1SCCSc1nnc(COc2ccc(Cl)cc2)n1C. The summed E-state index contributed by atoms with van der Waals surface area (Å²) < 4.78 is 15.4. The van der Waals surface area contributed by atoms with Crippen LogP contribution in [0.5, 0.6) is 11.5 Å². The summed E-state index contributed by atoms with van der Waals surface area (Å²) in [5.41, 5.74) is 0. The zero-order chi connectivity index (χ0) is 23.9. The van der Waals surface area contributed by atoms with Gasteiger partial charge in [0.2, 0.25) is 0 Å². The molecule has 8 nitrogen and oxygen atoms in total. The van der Waals surface area contributed by atoms with E-state index in [1.807, 2.05) is 47.5 Å². The van der Waals surface area contributed by atoms with Crippen molar-refractivity contribution in [3.8, 4) is 11.5 Å². The predicted molar refractivity (Wildman–Crippen MR) is 135 cm³/mol. The Bertz CT molecular complexity index is 1120. The van der Waals surface area contributed by atoms with Gasteiger partial charge < -0.3 is 18.6 Å². The maximum Gasteiger partial charge on any atom is 0.191 e. The quantitative estimate of drug-likeness (QED) is 0.189. The summed E-state index contributed by atoms with van der Waals surface area (Å²) in [6.07, 6.45) is 0. The average Bonchev–Trinajstić information content (AvgIpc) is 3.37. The minimum absolute atomic E-state index is 0.334. The van der Waals surface area contributed by atoms with Crippen LogP contribution in [-0.4, -0.2) is 41.0 Å². The van der Waals surface area contributed by atoms with E-state index in [4.69, 9.17) is 32.7 Å². The van der Waals surface area contributed by atoms with E-state index in [0.29, 0.717) is 23.3 Å². The second kappa shape index (κ2) is 11.8. The summed E-state index contributed by atoms with van der Waals surface area (Å²) in [7, 11) is 3.87. The van der Waals surface area contributed by atoms with Crippen LogP contribution in [0, 0.1) is 0 Å². The Hall–Kier alpha value is -2.40. The molecule has 178 valence electrons. The van der Waals surface area contributed by atoms with Crippen LogP contribution in [0.4, 0.5) is 0 Å². The molecule has 0 spiro atoms. The zero-order valence-corrected chi connectivity index (χ0v) is 21.7. The fourth-order valence-corrected chi connectivity index (χ4v) is 4.90. The van der Waals surface area contributed by atoms with Gasteiger partial charge in [0.1, 0.15) is 24.7 Å². The fraction of sp³-hybridized carbons (Fsp3) is 0.273. The van der Waals surface area contributed by atoms with Crippen LogP contribution in [0.1, 0.15) is 11.6 Å². The molecular formula is C22H22Cl2N6O2S2. The molecule has 34 heavy (non-hydrogen) atoms. The minimum atomic E-state index is 0.334. The standard InChI is InChI=1S/C22H22Cl2N6O2S2/c1-29-19(13-31-17-7-3-15(23)4-8-17)25-27-21(29)33-11-12-34-22-28-26-20(30(22)2)14-32-18-9-5-16(24)6-10-18/h3-10H,11-14H2,1-2H3. The highest BCUT2D eigenvalue weighted by Crippen LogP contribution is 2.23. The molecule has 0 N–H and O–H groups in total. The van der Waals surface area contributed by atoms with E-state index in [1.165, 1.54) is 0 Å². The van der Waals surface area contributed by atoms with Crippen LogP contribution in [0.3, 0.4) is 0 Å². The molecule has 2 heterocycles. The molecule has 12 heteroatoms. The van der Waals surface area contributed by atoms with Crippen molar-refractivity contribution in [3.63, 3.8) is 0 Å². The smallest absolute Gasteiger partial charge is 0.191 e. The topological polar surface area (TPSA) is 79.9 Å². The molecule has 4 aromatic rings. The number of hydrogen-bond donors (Lipinski definition) is 0. The molecule has 0 bridgehead atoms. The number of rotatable bonds is 11. The van der Waals surface area contributed by atoms with Crippen LogP contribution >= 0.6 is 46.7 Å². The average molecular weight is 537 g/mol. The van der Waals surface area contributed by atoms with Gasteiger partial charge in [-0.25, -0.2) is 0 Å². The minimum Gasteiger partial charge on any atom is -0.486 e. The summed E-state index contributed by atoms with van der Waals surface area (Å²) in [4.78, 5) is 0. The van der Waals surface area contributed by atoms with Crippen molar-refractivity contribution in [3.05, 3.63) is 70.2 Å². The summed E-state index contributed by atoms with van der Waals surface area (Å²) in [6, 6.07) is 14.5. The maximum absolute atomic E-state index is 5.90. The van der Waals surface area contributed by atoms with E-state index in [9.17, 15) is 0 Å². The molecular weight excluding hydrogens is 515 g/mol. The molecule has 0 amide bonds. The van der Waals surface area contributed by atoms with Crippen LogP contribution in [0.15, 0.2) is 58.8 Å². The fourth-order valence-electron chi connectivity index (χ4n) is 2.82. The third kappa shape index (κ3) is 6.59. The molecule has 0 saturated carbocycles. The lowest BCUT2D eigenvalue weighted by Gasteiger charge is -2.07. The summed E-state index contributed by atoms with van der Waals surface area (Å²) >= 11 is 15.1. The van der Waals surface area contributed by atoms with Gasteiger partial charge in [0.25, 0.3) is 0 Å². The first-order valence-electron chi connectivity index (χ1n) is 10.3. The van der Waals surface area contributed by atoms with E-state index in [-0.39, 0.29) is 0 Å². The van der Waals surface area contributed by atoms with Crippen molar-refractivity contribution in [1.29, 1.82) is 0 Å². The lowest BCUT2D eigenvalue weighted by Crippen LogP contribution is -2.05. The van der Waals surface area contributed by atoms with Gasteiger partial charge in [0, 0.05) is 35.6 Å². The first kappa shape index (κ1) is 24.7. The highest BCUT2D eigenvalue weighted by molar-refractivity contribution is 8.02. The Morgan fingerprint density at radius 1 is 0.647 bits per heavy atom. The highest BCUT2D eigenvalue weighted by atomic mass is 35.5. The van der Waals surface area contributed by atoms with Crippen molar-refractivity contribution in [1.82, 2.24) is 29.5 Å². The van der Waals surface area contributed by atoms with E-state index >= 15 is 0 Å². The van der Waals surface area contributed by atoms with Crippen molar-refractivity contribution >= 4 is 46.7 Å². The molecule has 0 aliphatic carbocycles. The number of nitrogens with zero attached hydrogens (tertiary/aromatic N) is 6. The Balaban J connectivity index is 1.21. The molecule has 0 unspecified atom stereocenters. The van der Waals surface area contributed by atoms with Gasteiger partial charge >= 0.3 is 0 Å². The molecule has 0 aliphatic heterocycles. The van der Waals surface area contributed by atoms with Crippen LogP contribution in [0.25, 0.3) is 0 Å². The van der Waals surface area contributed by atoms with Gasteiger partial charge in [-0.1, -0.05) is 46.7 Å². The van der Waals surface area contributed by atoms with E-state index in [2.05, 4.69) is 20.4 Å². The van der Waals surface area contributed by atoms with Crippen LogP contribution in [0.2, 0.25) is 10.0 Å². The molecule has 0 atom stereocenters. The molecule has 4 rings (SSSR count). The number of benzene rings is 2. The number of ether oxygens (including phenoxy) is 2. The lowest BCUT2D eigenvalue weighted by atomic mass is 10.3. The Morgan fingerprint density at radius 2 is 1.03 bits per heavy atom. The maximum atomic E-state index is 5.90. The molecule has 0 aliphatic rings. The van der Waals surface area contributed by atoms with Gasteiger partial charge in [-0.2, -0.15) is 0 Å². The molecule has 0 fully saturated rings. The number of halogens is 2. The summed E-state index contributed by atoms with van der Waals surface area (Å²) in [5.74, 6) is 4.67. The van der Waals surface area contributed by atoms with Crippen LogP contribution < -0.4 is 9.47 Å². The van der Waals surface area contributed by atoms with E-state index < -0.39 is 0 Å². The Kier molecular flexibility index (Phi) is 8.60. The molecule has 2 aromatic heterocycles. The first-order chi connectivity index (χ1) is 16.5. The van der Waals surface area contributed by atoms with E-state index in [1.54, 1.807) is 47.8 Å². The lowest BCUT2D eigenvalue weighted by molar-refractivity contribution is 0.290. The van der Waals surface area contributed by atoms with Gasteiger partial charge in [0.05, 0.1) is 0 Å². The van der Waals surface area contributed by atoms with Gasteiger partial charge in [-0.3, -0.25) is 0 Å². The van der Waals surface area contributed by atoms with Gasteiger partial charge in [0.15, 0.2) is 22.0 Å². The number of thioether (sulfide) groups is 2. The number of hydrogen-bond acceptors (Lipinski definition) is 8. The largest absolute Gasteiger partial charge is 0.486 e. The normalized spacial score (nSPS) is 11.1. The van der Waals surface area contributed by atoms with Crippen molar-refractivity contribution in [2.24, 2.45) is 14.1 Å². The third-order valence-electron chi connectivity index (χ3n) is 4.76. The van der Waals surface area contributed by atoms with Crippen molar-refractivity contribution in [2.45, 2.75) is 23.5 Å². The summed E-state index contributed by atoms with van der Waals surface area (Å²) in [5, 5.41) is 20.0. The molecule has 0 saturated heterocycles. The monoisotopic (exact) mass is 536 g/mol. The Labute approximate surface area is 216 Å². The van der Waals surface area contributed by atoms with Crippen molar-refractivity contribution < 1.29 is 9.47 Å². The number of aromatic nitrogens is 6. The first-order valence-corrected chi connectivity index (χ1v) is 13.0. The second-order valence-electron chi connectivity index (χ2n) is 7.10. The van der Waals surface area contributed by atoms with E-state index in [0.717, 1.165) is 45.0 Å².